The zero-order valence-electron chi connectivity index (χ0n) is 19.7. The average Bonchev–Trinajstić information content (AvgIpc) is 2.88. The highest BCUT2D eigenvalue weighted by Crippen LogP contribution is 2.29. The molecule has 4 rings (SSSR count). The van der Waals surface area contributed by atoms with Crippen molar-refractivity contribution in [3.63, 3.8) is 0 Å². The van der Waals surface area contributed by atoms with Crippen LogP contribution in [-0.2, 0) is 17.9 Å². The molecule has 1 saturated heterocycles. The smallest absolute Gasteiger partial charge is 0.251 e. The maximum absolute atomic E-state index is 12.4. The summed E-state index contributed by atoms with van der Waals surface area (Å²) in [7, 11) is 1.62. The number of carbonyl (C=O) groups excluding carboxylic acids is 2. The number of hydrogen-bond donors (Lipinski definition) is 1. The van der Waals surface area contributed by atoms with Crippen molar-refractivity contribution in [2.45, 2.75) is 26.1 Å². The third-order valence-corrected chi connectivity index (χ3v) is 6.23. The molecule has 3 aromatic carbocycles. The van der Waals surface area contributed by atoms with Crippen molar-refractivity contribution in [3.05, 3.63) is 101 Å². The van der Waals surface area contributed by atoms with Crippen LogP contribution in [0.5, 0.6) is 5.75 Å². The number of nitrogens with zero attached hydrogens (tertiary/aromatic N) is 2. The van der Waals surface area contributed by atoms with Crippen LogP contribution in [0.4, 0.5) is 0 Å². The van der Waals surface area contributed by atoms with Crippen molar-refractivity contribution in [1.82, 2.24) is 15.1 Å². The average molecular weight is 458 g/mol. The first-order valence-corrected chi connectivity index (χ1v) is 11.6. The summed E-state index contributed by atoms with van der Waals surface area (Å²) in [4.78, 5) is 28.8. The largest absolute Gasteiger partial charge is 0.489 e. The van der Waals surface area contributed by atoms with E-state index < -0.39 is 0 Å². The predicted molar refractivity (Wildman–Crippen MR) is 132 cm³/mol. The van der Waals surface area contributed by atoms with Crippen LogP contribution in [0.25, 0.3) is 0 Å². The Balaban J connectivity index is 1.51. The zero-order valence-corrected chi connectivity index (χ0v) is 19.7. The van der Waals surface area contributed by atoms with Crippen LogP contribution < -0.4 is 10.1 Å². The summed E-state index contributed by atoms with van der Waals surface area (Å²) in [5.41, 5.74) is 3.81. The number of carbonyl (C=O) groups is 2. The molecule has 6 heteroatoms. The molecule has 1 heterocycles. The molecule has 0 bridgehead atoms. The standard InChI is InChI=1S/C28H31N3O3/c1-21(32)31-16-15-30(19-26(31)23-12-8-13-24(17-23)28(33)29-2)18-25-11-6-7-14-27(25)34-20-22-9-4-3-5-10-22/h3-14,17,26H,15-16,18-20H2,1-2H3,(H,29,33). The van der Waals surface area contributed by atoms with Crippen LogP contribution in [0.3, 0.4) is 0 Å². The molecule has 1 unspecified atom stereocenters. The molecule has 6 nitrogen and oxygen atoms in total. The van der Waals surface area contributed by atoms with E-state index in [9.17, 15) is 9.59 Å². The van der Waals surface area contributed by atoms with E-state index >= 15 is 0 Å². The molecule has 0 spiro atoms. The van der Waals surface area contributed by atoms with E-state index in [0.29, 0.717) is 25.3 Å². The summed E-state index contributed by atoms with van der Waals surface area (Å²) in [6, 6.07) is 25.7. The molecule has 0 aliphatic carbocycles. The van der Waals surface area contributed by atoms with Gasteiger partial charge in [-0.05, 0) is 29.3 Å². The summed E-state index contributed by atoms with van der Waals surface area (Å²) in [5, 5.41) is 2.67. The lowest BCUT2D eigenvalue weighted by Crippen LogP contribution is -2.49. The van der Waals surface area contributed by atoms with E-state index in [0.717, 1.165) is 35.5 Å². The molecule has 176 valence electrons. The van der Waals surface area contributed by atoms with Crippen molar-refractivity contribution < 1.29 is 14.3 Å². The number of rotatable bonds is 7. The van der Waals surface area contributed by atoms with Gasteiger partial charge in [0.1, 0.15) is 12.4 Å². The van der Waals surface area contributed by atoms with Crippen molar-refractivity contribution >= 4 is 11.8 Å². The Kier molecular flexibility index (Phi) is 7.60. The Bertz CT molecular complexity index is 1130. The van der Waals surface area contributed by atoms with E-state index in [1.165, 1.54) is 0 Å². The Labute approximate surface area is 201 Å². The SMILES string of the molecule is CNC(=O)c1cccc(C2CN(Cc3ccccc3OCc3ccccc3)CCN2C(C)=O)c1. The van der Waals surface area contributed by atoms with Gasteiger partial charge >= 0.3 is 0 Å². The monoisotopic (exact) mass is 457 g/mol. The normalized spacial score (nSPS) is 16.2. The van der Waals surface area contributed by atoms with Crippen molar-refractivity contribution in [2.75, 3.05) is 26.7 Å². The van der Waals surface area contributed by atoms with Gasteiger partial charge in [-0.3, -0.25) is 14.5 Å². The Morgan fingerprint density at radius 2 is 1.74 bits per heavy atom. The van der Waals surface area contributed by atoms with E-state index in [1.54, 1.807) is 20.0 Å². The first-order valence-electron chi connectivity index (χ1n) is 11.6. The summed E-state index contributed by atoms with van der Waals surface area (Å²) < 4.78 is 6.15. The predicted octanol–water partition coefficient (Wildman–Crippen LogP) is 4.03. The van der Waals surface area contributed by atoms with Gasteiger partial charge in [0.15, 0.2) is 0 Å². The van der Waals surface area contributed by atoms with Gasteiger partial charge in [0.05, 0.1) is 6.04 Å². The zero-order chi connectivity index (χ0) is 23.9. The minimum atomic E-state index is -0.131. The van der Waals surface area contributed by atoms with Crippen LogP contribution in [0.15, 0.2) is 78.9 Å². The Hall–Kier alpha value is -3.64. The van der Waals surface area contributed by atoms with Crippen LogP contribution in [0.1, 0.15) is 40.0 Å². The molecule has 0 aromatic heterocycles. The Morgan fingerprint density at radius 3 is 2.50 bits per heavy atom. The quantitative estimate of drug-likeness (QED) is 0.582. The van der Waals surface area contributed by atoms with E-state index in [4.69, 9.17) is 4.74 Å². The highest BCUT2D eigenvalue weighted by Gasteiger charge is 2.30. The number of amides is 2. The number of piperazine rings is 1. The molecule has 1 atom stereocenters. The highest BCUT2D eigenvalue weighted by atomic mass is 16.5. The van der Waals surface area contributed by atoms with E-state index in [1.807, 2.05) is 59.5 Å². The molecular formula is C28H31N3O3. The summed E-state index contributed by atoms with van der Waals surface area (Å²) >= 11 is 0. The lowest BCUT2D eigenvalue weighted by atomic mass is 9.99. The first kappa shape index (κ1) is 23.5. The molecule has 0 saturated carbocycles. The maximum atomic E-state index is 12.4. The van der Waals surface area contributed by atoms with Crippen molar-refractivity contribution in [1.29, 1.82) is 0 Å². The molecule has 1 fully saturated rings. The van der Waals surface area contributed by atoms with Crippen molar-refractivity contribution in [3.8, 4) is 5.75 Å². The van der Waals surface area contributed by atoms with Gasteiger partial charge in [-0.2, -0.15) is 0 Å². The molecule has 0 radical (unpaired) electrons. The van der Waals surface area contributed by atoms with E-state index in [2.05, 4.69) is 28.4 Å². The molecule has 2 amide bonds. The molecular weight excluding hydrogens is 426 g/mol. The van der Waals surface area contributed by atoms with Crippen LogP contribution in [0.2, 0.25) is 0 Å². The van der Waals surface area contributed by atoms with Gasteiger partial charge < -0.3 is 15.0 Å². The molecule has 3 aromatic rings. The molecule has 1 aliphatic rings. The number of hydrogen-bond acceptors (Lipinski definition) is 4. The molecule has 1 aliphatic heterocycles. The molecule has 1 N–H and O–H groups in total. The Morgan fingerprint density at radius 1 is 0.971 bits per heavy atom. The van der Waals surface area contributed by atoms with Gasteiger partial charge in [0.2, 0.25) is 5.91 Å². The second-order valence-corrected chi connectivity index (χ2v) is 8.55. The highest BCUT2D eigenvalue weighted by molar-refractivity contribution is 5.94. The third-order valence-electron chi connectivity index (χ3n) is 6.23. The number of nitrogens with one attached hydrogen (secondary N) is 1. The molecule has 34 heavy (non-hydrogen) atoms. The number of ether oxygens (including phenoxy) is 1. The fraction of sp³-hybridized carbons (Fsp3) is 0.286. The van der Waals surface area contributed by atoms with Gasteiger partial charge in [-0.15, -0.1) is 0 Å². The summed E-state index contributed by atoms with van der Waals surface area (Å²) in [5.74, 6) is 0.786. The first-order chi connectivity index (χ1) is 16.5. The summed E-state index contributed by atoms with van der Waals surface area (Å²) in [6.07, 6.45) is 0. The van der Waals surface area contributed by atoms with Crippen LogP contribution in [0, 0.1) is 0 Å². The topological polar surface area (TPSA) is 61.9 Å². The maximum Gasteiger partial charge on any atom is 0.251 e. The number of benzene rings is 3. The van der Waals surface area contributed by atoms with Crippen molar-refractivity contribution in [2.24, 2.45) is 0 Å². The van der Waals surface area contributed by atoms with E-state index in [-0.39, 0.29) is 17.9 Å². The van der Waals surface area contributed by atoms with Gasteiger partial charge in [0, 0.05) is 51.3 Å². The minimum absolute atomic E-state index is 0.0431. The lowest BCUT2D eigenvalue weighted by Gasteiger charge is -2.41. The summed E-state index contributed by atoms with van der Waals surface area (Å²) in [6.45, 7) is 4.95. The third kappa shape index (κ3) is 5.64. The van der Waals surface area contributed by atoms with Gasteiger partial charge in [-0.1, -0.05) is 60.7 Å². The van der Waals surface area contributed by atoms with Gasteiger partial charge in [0.25, 0.3) is 5.91 Å². The lowest BCUT2D eigenvalue weighted by molar-refractivity contribution is -0.134. The fourth-order valence-electron chi connectivity index (χ4n) is 4.43. The second-order valence-electron chi connectivity index (χ2n) is 8.55. The van der Waals surface area contributed by atoms with Gasteiger partial charge in [-0.25, -0.2) is 0 Å². The second kappa shape index (κ2) is 11.0. The van der Waals surface area contributed by atoms with Crippen LogP contribution in [-0.4, -0.2) is 48.3 Å². The number of para-hydroxylation sites is 1. The van der Waals surface area contributed by atoms with Crippen LogP contribution >= 0.6 is 0 Å². The fourth-order valence-corrected chi connectivity index (χ4v) is 4.43. The minimum Gasteiger partial charge on any atom is -0.489 e.